The molecule has 0 rings (SSSR count). The van der Waals surface area contributed by atoms with Crippen LogP contribution in [0.5, 0.6) is 0 Å². The molecule has 0 amide bonds. The average molecular weight is 139 g/mol. The minimum Gasteiger partial charge on any atom is -0.287 e. The van der Waals surface area contributed by atoms with E-state index in [0.29, 0.717) is 6.04 Å². The van der Waals surface area contributed by atoms with Crippen molar-refractivity contribution in [1.82, 2.24) is 0 Å². The second kappa shape index (κ2) is 5.21. The summed E-state index contributed by atoms with van der Waals surface area (Å²) in [6, 6.07) is 0.469. The van der Waals surface area contributed by atoms with Crippen LogP contribution in [0.4, 0.5) is 0 Å². The maximum absolute atomic E-state index is 4.42. The highest BCUT2D eigenvalue weighted by Gasteiger charge is 1.92. The molecule has 1 unspecified atom stereocenters. The molecule has 0 aliphatic carbocycles. The van der Waals surface area contributed by atoms with Gasteiger partial charge in [0.25, 0.3) is 0 Å². The van der Waals surface area contributed by atoms with Crippen LogP contribution in [-0.4, -0.2) is 11.8 Å². The van der Waals surface area contributed by atoms with Gasteiger partial charge in [0.2, 0.25) is 0 Å². The van der Waals surface area contributed by atoms with Gasteiger partial charge in [0.15, 0.2) is 0 Å². The molecule has 0 aromatic rings. The fourth-order valence-electron chi connectivity index (χ4n) is 0.723. The molecule has 0 saturated carbocycles. The number of nitrogens with zero attached hydrogens (tertiary/aromatic N) is 1. The summed E-state index contributed by atoms with van der Waals surface area (Å²) < 4.78 is 0. The van der Waals surface area contributed by atoms with E-state index in [1.54, 1.807) is 0 Å². The lowest BCUT2D eigenvalue weighted by molar-refractivity contribution is 0.717. The van der Waals surface area contributed by atoms with Gasteiger partial charge in [-0.3, -0.25) is 4.99 Å². The van der Waals surface area contributed by atoms with Crippen molar-refractivity contribution in [2.75, 3.05) is 0 Å². The smallest absolute Gasteiger partial charge is 0.0472 e. The second-order valence-corrected chi connectivity index (χ2v) is 2.53. The topological polar surface area (TPSA) is 12.4 Å². The molecule has 0 radical (unpaired) electrons. The maximum Gasteiger partial charge on any atom is 0.0472 e. The zero-order valence-corrected chi connectivity index (χ0v) is 7.39. The van der Waals surface area contributed by atoms with Crippen LogP contribution in [0.3, 0.4) is 0 Å². The van der Waals surface area contributed by atoms with Crippen LogP contribution >= 0.6 is 0 Å². The third-order valence-electron chi connectivity index (χ3n) is 1.42. The van der Waals surface area contributed by atoms with Crippen molar-refractivity contribution in [2.24, 2.45) is 4.99 Å². The predicted octanol–water partition coefficient (Wildman–Crippen LogP) is 2.82. The number of hydrogen-bond acceptors (Lipinski definition) is 1. The minimum absolute atomic E-state index is 0.469. The zero-order valence-electron chi connectivity index (χ0n) is 7.39. The van der Waals surface area contributed by atoms with Crippen LogP contribution in [0.15, 0.2) is 17.1 Å². The monoisotopic (exact) mass is 139 g/mol. The number of aliphatic imine (C=N–C) groups is 1. The molecule has 10 heavy (non-hydrogen) atoms. The molecule has 0 aromatic heterocycles. The van der Waals surface area contributed by atoms with Gasteiger partial charge in [-0.1, -0.05) is 13.0 Å². The molecule has 0 aromatic carbocycles. The second-order valence-electron chi connectivity index (χ2n) is 2.53. The normalized spacial score (nSPS) is 16.2. The molecule has 0 aliphatic rings. The summed E-state index contributed by atoms with van der Waals surface area (Å²) in [5, 5.41) is 0. The van der Waals surface area contributed by atoms with Gasteiger partial charge in [-0.15, -0.1) is 0 Å². The Morgan fingerprint density at radius 3 is 2.60 bits per heavy atom. The van der Waals surface area contributed by atoms with Crippen molar-refractivity contribution in [2.45, 2.75) is 40.2 Å². The van der Waals surface area contributed by atoms with Crippen LogP contribution in [0, 0.1) is 0 Å². The van der Waals surface area contributed by atoms with Gasteiger partial charge in [0.05, 0.1) is 0 Å². The minimum atomic E-state index is 0.469. The van der Waals surface area contributed by atoms with E-state index in [-0.39, 0.29) is 0 Å². The summed E-state index contributed by atoms with van der Waals surface area (Å²) in [5.41, 5.74) is 1.12. The van der Waals surface area contributed by atoms with Crippen molar-refractivity contribution in [3.63, 3.8) is 0 Å². The van der Waals surface area contributed by atoms with Gasteiger partial charge in [-0.05, 0) is 33.3 Å². The molecule has 0 fully saturated rings. The molecule has 0 aliphatic heterocycles. The first kappa shape index (κ1) is 9.41. The van der Waals surface area contributed by atoms with Crippen LogP contribution in [0.1, 0.15) is 34.1 Å². The third-order valence-corrected chi connectivity index (χ3v) is 1.42. The highest BCUT2D eigenvalue weighted by Crippen LogP contribution is 1.96. The van der Waals surface area contributed by atoms with E-state index in [4.69, 9.17) is 0 Å². The van der Waals surface area contributed by atoms with E-state index in [9.17, 15) is 0 Å². The van der Waals surface area contributed by atoms with Crippen LogP contribution in [0.25, 0.3) is 0 Å². The molecular formula is C9H17N. The van der Waals surface area contributed by atoms with E-state index >= 15 is 0 Å². The van der Waals surface area contributed by atoms with E-state index in [1.807, 2.05) is 26.0 Å². The zero-order chi connectivity index (χ0) is 7.98. The molecule has 0 heterocycles. The average Bonchev–Trinajstić information content (AvgIpc) is 1.88. The Labute approximate surface area is 63.9 Å². The van der Waals surface area contributed by atoms with E-state index in [0.717, 1.165) is 12.1 Å². The number of allylic oxidation sites excluding steroid dienone is 2. The number of hydrogen-bond donors (Lipinski definition) is 0. The summed E-state index contributed by atoms with van der Waals surface area (Å²) in [5.74, 6) is 0. The lowest BCUT2D eigenvalue weighted by Gasteiger charge is -2.00. The first-order valence-corrected chi connectivity index (χ1v) is 3.87. The quantitative estimate of drug-likeness (QED) is 0.533. The van der Waals surface area contributed by atoms with E-state index < -0.39 is 0 Å². The third kappa shape index (κ3) is 4.30. The van der Waals surface area contributed by atoms with Crippen molar-refractivity contribution < 1.29 is 0 Å². The molecule has 0 saturated heterocycles. The highest BCUT2D eigenvalue weighted by molar-refractivity contribution is 5.92. The lowest BCUT2D eigenvalue weighted by atomic mass is 10.2. The van der Waals surface area contributed by atoms with Crippen LogP contribution < -0.4 is 0 Å². The first-order chi connectivity index (χ1) is 4.70. The van der Waals surface area contributed by atoms with E-state index in [2.05, 4.69) is 18.8 Å². The van der Waals surface area contributed by atoms with Crippen molar-refractivity contribution in [1.29, 1.82) is 0 Å². The molecule has 1 atom stereocenters. The molecule has 0 N–H and O–H groups in total. The molecule has 1 heteroatoms. The summed E-state index contributed by atoms with van der Waals surface area (Å²) in [6.07, 6.45) is 5.17. The fourth-order valence-corrected chi connectivity index (χ4v) is 0.723. The SMILES string of the molecule is C/C=C\C(C)=NC(C)CC. The summed E-state index contributed by atoms with van der Waals surface area (Å²) >= 11 is 0. The lowest BCUT2D eigenvalue weighted by Crippen LogP contribution is -1.98. The fraction of sp³-hybridized carbons (Fsp3) is 0.667. The predicted molar refractivity (Wildman–Crippen MR) is 47.7 cm³/mol. The Balaban J connectivity index is 3.89. The maximum atomic E-state index is 4.42. The van der Waals surface area contributed by atoms with Gasteiger partial charge in [-0.2, -0.15) is 0 Å². The Morgan fingerprint density at radius 2 is 2.20 bits per heavy atom. The van der Waals surface area contributed by atoms with Gasteiger partial charge < -0.3 is 0 Å². The van der Waals surface area contributed by atoms with Gasteiger partial charge >= 0.3 is 0 Å². The van der Waals surface area contributed by atoms with Crippen molar-refractivity contribution in [3.05, 3.63) is 12.2 Å². The van der Waals surface area contributed by atoms with Gasteiger partial charge in [0.1, 0.15) is 0 Å². The first-order valence-electron chi connectivity index (χ1n) is 3.87. The molecule has 1 nitrogen and oxygen atoms in total. The Bertz CT molecular complexity index is 134. The standard InChI is InChI=1S/C9H17N/c1-5-7-9(4)10-8(3)6-2/h5,7-8H,6H2,1-4H3/b7-5-,10-9?. The highest BCUT2D eigenvalue weighted by atomic mass is 14.8. The van der Waals surface area contributed by atoms with Crippen LogP contribution in [0.2, 0.25) is 0 Å². The van der Waals surface area contributed by atoms with Crippen molar-refractivity contribution in [3.8, 4) is 0 Å². The molecule has 0 spiro atoms. The summed E-state index contributed by atoms with van der Waals surface area (Å²) in [7, 11) is 0. The Kier molecular flexibility index (Phi) is 4.91. The Morgan fingerprint density at radius 1 is 1.60 bits per heavy atom. The molecular weight excluding hydrogens is 122 g/mol. The molecule has 0 bridgehead atoms. The van der Waals surface area contributed by atoms with E-state index in [1.165, 1.54) is 0 Å². The summed E-state index contributed by atoms with van der Waals surface area (Å²) in [6.45, 7) is 8.33. The van der Waals surface area contributed by atoms with Gasteiger partial charge in [0, 0.05) is 11.8 Å². The molecule has 58 valence electrons. The largest absolute Gasteiger partial charge is 0.287 e. The van der Waals surface area contributed by atoms with Crippen LogP contribution in [-0.2, 0) is 0 Å². The Hall–Kier alpha value is -0.590. The van der Waals surface area contributed by atoms with Gasteiger partial charge in [-0.25, -0.2) is 0 Å². The summed E-state index contributed by atoms with van der Waals surface area (Å²) in [4.78, 5) is 4.42. The van der Waals surface area contributed by atoms with Crippen molar-refractivity contribution >= 4 is 5.71 Å². The number of rotatable bonds is 3.